The van der Waals surface area contributed by atoms with Crippen molar-refractivity contribution >= 4 is 17.6 Å². The zero-order valence-corrected chi connectivity index (χ0v) is 16.2. The highest BCUT2D eigenvalue weighted by Crippen LogP contribution is 2.19. The van der Waals surface area contributed by atoms with Crippen molar-refractivity contribution in [3.8, 4) is 0 Å². The van der Waals surface area contributed by atoms with Crippen LogP contribution >= 0.6 is 0 Å². The second kappa shape index (κ2) is 10.1. The molecule has 0 fully saturated rings. The Morgan fingerprint density at radius 2 is 2.00 bits per heavy atom. The molecule has 1 aromatic carbocycles. The van der Waals surface area contributed by atoms with E-state index in [4.69, 9.17) is 10.9 Å². The first-order valence-electron chi connectivity index (χ1n) is 8.50. The number of benzene rings is 1. The van der Waals surface area contributed by atoms with Crippen LogP contribution in [0, 0.1) is 6.92 Å². The van der Waals surface area contributed by atoms with E-state index in [0.717, 1.165) is 22.4 Å². The molecular weight excluding hydrogens is 342 g/mol. The van der Waals surface area contributed by atoms with E-state index in [1.54, 1.807) is 13.1 Å². The third-order valence-corrected chi connectivity index (χ3v) is 3.86. The number of rotatable bonds is 8. The average Bonchev–Trinajstić information content (AvgIpc) is 2.57. The SMILES string of the molecule is C=C/C(=C\C(=C/C)C(=O)O)N(N)/C=C(/C)Cc1ccc(NC(C)=O)cc1C. The van der Waals surface area contributed by atoms with E-state index in [1.807, 2.05) is 32.0 Å². The maximum absolute atomic E-state index is 11.2. The summed E-state index contributed by atoms with van der Waals surface area (Å²) >= 11 is 0. The molecule has 0 saturated heterocycles. The quantitative estimate of drug-likeness (QED) is 0.281. The van der Waals surface area contributed by atoms with Crippen LogP contribution in [0.4, 0.5) is 5.69 Å². The Hall–Kier alpha value is -3.12. The van der Waals surface area contributed by atoms with Crippen LogP contribution in [0.1, 0.15) is 31.9 Å². The number of nitrogens with one attached hydrogen (secondary N) is 1. The molecule has 27 heavy (non-hydrogen) atoms. The largest absolute Gasteiger partial charge is 0.478 e. The Balaban J connectivity index is 2.98. The van der Waals surface area contributed by atoms with Gasteiger partial charge >= 0.3 is 5.97 Å². The zero-order valence-electron chi connectivity index (χ0n) is 16.2. The van der Waals surface area contributed by atoms with Crippen LogP contribution in [0.25, 0.3) is 0 Å². The van der Waals surface area contributed by atoms with E-state index in [9.17, 15) is 9.59 Å². The molecule has 6 heteroatoms. The summed E-state index contributed by atoms with van der Waals surface area (Å²) in [7, 11) is 0. The van der Waals surface area contributed by atoms with Gasteiger partial charge in [0, 0.05) is 18.8 Å². The van der Waals surface area contributed by atoms with Crippen molar-refractivity contribution in [2.24, 2.45) is 5.84 Å². The summed E-state index contributed by atoms with van der Waals surface area (Å²) in [5, 5.41) is 13.3. The number of nitrogens with zero attached hydrogens (tertiary/aromatic N) is 1. The summed E-state index contributed by atoms with van der Waals surface area (Å²) in [5.41, 5.74) is 4.51. The third-order valence-electron chi connectivity index (χ3n) is 3.86. The van der Waals surface area contributed by atoms with Gasteiger partial charge in [-0.1, -0.05) is 24.3 Å². The third kappa shape index (κ3) is 6.95. The van der Waals surface area contributed by atoms with Crippen LogP contribution < -0.4 is 11.2 Å². The van der Waals surface area contributed by atoms with Gasteiger partial charge in [-0.2, -0.15) is 0 Å². The molecule has 0 heterocycles. The minimum Gasteiger partial charge on any atom is -0.478 e. The normalized spacial score (nSPS) is 12.6. The van der Waals surface area contributed by atoms with Crippen LogP contribution in [-0.2, 0) is 16.0 Å². The number of hydrogen-bond donors (Lipinski definition) is 3. The lowest BCUT2D eigenvalue weighted by molar-refractivity contribution is -0.132. The Bertz CT molecular complexity index is 820. The van der Waals surface area contributed by atoms with Crippen LogP contribution in [0.5, 0.6) is 0 Å². The first-order valence-corrected chi connectivity index (χ1v) is 8.50. The van der Waals surface area contributed by atoms with Crippen LogP contribution in [0.15, 0.2) is 66.0 Å². The Morgan fingerprint density at radius 3 is 2.48 bits per heavy atom. The fourth-order valence-electron chi connectivity index (χ4n) is 2.50. The standard InChI is InChI=1S/C21H27N3O3/c1-6-17(21(26)27)12-20(7-2)24(22)13-14(3)10-18-8-9-19(11-15(18)4)23-16(5)25/h6-9,11-13H,2,10,22H2,1,3-5H3,(H,23,25)(H,26,27)/b14-13-,17-6+,20-12+. The molecule has 144 valence electrons. The molecule has 0 aliphatic carbocycles. The lowest BCUT2D eigenvalue weighted by atomic mass is 10.0. The molecular formula is C21H27N3O3. The Kier molecular flexibility index (Phi) is 8.23. The second-order valence-corrected chi connectivity index (χ2v) is 6.20. The summed E-state index contributed by atoms with van der Waals surface area (Å²) in [6.45, 7) is 10.7. The van der Waals surface area contributed by atoms with Crippen molar-refractivity contribution in [1.29, 1.82) is 0 Å². The van der Waals surface area contributed by atoms with E-state index in [0.29, 0.717) is 12.1 Å². The topological polar surface area (TPSA) is 95.7 Å². The van der Waals surface area contributed by atoms with Gasteiger partial charge in [0.25, 0.3) is 0 Å². The smallest absolute Gasteiger partial charge is 0.335 e. The maximum Gasteiger partial charge on any atom is 0.335 e. The highest BCUT2D eigenvalue weighted by Gasteiger charge is 2.08. The molecule has 0 radical (unpaired) electrons. The number of aryl methyl sites for hydroxylation is 1. The number of anilines is 1. The lowest BCUT2D eigenvalue weighted by Gasteiger charge is -2.17. The van der Waals surface area contributed by atoms with Crippen molar-refractivity contribution in [2.45, 2.75) is 34.1 Å². The first kappa shape index (κ1) is 21.9. The van der Waals surface area contributed by atoms with Crippen molar-refractivity contribution in [2.75, 3.05) is 5.32 Å². The number of carboxylic acids is 1. The number of allylic oxidation sites excluding steroid dienone is 3. The minimum absolute atomic E-state index is 0.109. The van der Waals surface area contributed by atoms with Gasteiger partial charge < -0.3 is 10.4 Å². The molecule has 0 aliphatic heterocycles. The molecule has 6 nitrogen and oxygen atoms in total. The van der Waals surface area contributed by atoms with Crippen LogP contribution in [0.2, 0.25) is 0 Å². The number of hydrogen-bond acceptors (Lipinski definition) is 4. The number of aliphatic carboxylic acids is 1. The monoisotopic (exact) mass is 369 g/mol. The van der Waals surface area contributed by atoms with E-state index in [-0.39, 0.29) is 11.5 Å². The lowest BCUT2D eigenvalue weighted by Crippen LogP contribution is -2.24. The fraction of sp³-hybridized carbons (Fsp3) is 0.238. The fourth-order valence-corrected chi connectivity index (χ4v) is 2.50. The number of nitrogens with two attached hydrogens (primary N) is 1. The summed E-state index contributed by atoms with van der Waals surface area (Å²) < 4.78 is 0. The van der Waals surface area contributed by atoms with Crippen molar-refractivity contribution in [3.05, 3.63) is 77.2 Å². The molecule has 1 amide bonds. The Morgan fingerprint density at radius 1 is 1.33 bits per heavy atom. The van der Waals surface area contributed by atoms with Crippen molar-refractivity contribution < 1.29 is 14.7 Å². The maximum atomic E-state index is 11.2. The number of amides is 1. The molecule has 0 saturated carbocycles. The summed E-state index contributed by atoms with van der Waals surface area (Å²) in [6.07, 6.45) is 6.87. The Labute approximate surface area is 160 Å². The minimum atomic E-state index is -1.03. The van der Waals surface area contributed by atoms with E-state index < -0.39 is 5.97 Å². The highest BCUT2D eigenvalue weighted by atomic mass is 16.4. The van der Waals surface area contributed by atoms with Gasteiger partial charge in [0.2, 0.25) is 5.91 Å². The molecule has 0 unspecified atom stereocenters. The molecule has 4 N–H and O–H groups in total. The molecule has 0 aromatic heterocycles. The number of carbonyl (C=O) groups excluding carboxylic acids is 1. The predicted octanol–water partition coefficient (Wildman–Crippen LogP) is 3.68. The molecule has 1 rings (SSSR count). The highest BCUT2D eigenvalue weighted by molar-refractivity contribution is 5.90. The van der Waals surface area contributed by atoms with Gasteiger partial charge in [0.05, 0.1) is 11.3 Å². The van der Waals surface area contributed by atoms with Gasteiger partial charge in [0.1, 0.15) is 0 Å². The van der Waals surface area contributed by atoms with Crippen LogP contribution in [-0.4, -0.2) is 22.0 Å². The van der Waals surface area contributed by atoms with Gasteiger partial charge in [0.15, 0.2) is 0 Å². The second-order valence-electron chi connectivity index (χ2n) is 6.20. The van der Waals surface area contributed by atoms with Gasteiger partial charge in [-0.3, -0.25) is 9.80 Å². The number of carboxylic acid groups (broad SMARTS) is 1. The van der Waals surface area contributed by atoms with Crippen LogP contribution in [0.3, 0.4) is 0 Å². The van der Waals surface area contributed by atoms with Gasteiger partial charge in [-0.15, -0.1) is 0 Å². The van der Waals surface area contributed by atoms with Crippen molar-refractivity contribution in [1.82, 2.24) is 5.01 Å². The number of hydrazine groups is 1. The predicted molar refractivity (Wildman–Crippen MR) is 109 cm³/mol. The van der Waals surface area contributed by atoms with E-state index >= 15 is 0 Å². The summed E-state index contributed by atoms with van der Waals surface area (Å²) in [5.74, 6) is 4.92. The van der Waals surface area contributed by atoms with Gasteiger partial charge in [-0.25, -0.2) is 10.6 Å². The van der Waals surface area contributed by atoms with E-state index in [1.165, 1.54) is 30.2 Å². The number of carbonyl (C=O) groups is 2. The molecule has 0 bridgehead atoms. The molecule has 0 aliphatic rings. The molecule has 0 spiro atoms. The summed E-state index contributed by atoms with van der Waals surface area (Å²) in [4.78, 5) is 22.3. The van der Waals surface area contributed by atoms with Crippen molar-refractivity contribution in [3.63, 3.8) is 0 Å². The van der Waals surface area contributed by atoms with Gasteiger partial charge in [-0.05, 0) is 62.6 Å². The molecule has 1 aromatic rings. The molecule has 0 atom stereocenters. The average molecular weight is 369 g/mol. The van der Waals surface area contributed by atoms with E-state index in [2.05, 4.69) is 11.9 Å². The zero-order chi connectivity index (χ0) is 20.6. The first-order chi connectivity index (χ1) is 12.7. The summed E-state index contributed by atoms with van der Waals surface area (Å²) in [6, 6.07) is 5.74.